The van der Waals surface area contributed by atoms with Gasteiger partial charge in [-0.25, -0.2) is 0 Å². The number of anilines is 1. The van der Waals surface area contributed by atoms with Gasteiger partial charge in [-0.3, -0.25) is 4.79 Å². The minimum Gasteiger partial charge on any atom is -0.325 e. The lowest BCUT2D eigenvalue weighted by Gasteiger charge is -2.27. The molecule has 2 nitrogen and oxygen atoms in total. The second-order valence-corrected chi connectivity index (χ2v) is 4.88. The van der Waals surface area contributed by atoms with Gasteiger partial charge in [-0.05, 0) is 25.0 Å². The predicted octanol–water partition coefficient (Wildman–Crippen LogP) is 3.21. The average molecular weight is 224 g/mol. The van der Waals surface area contributed by atoms with Gasteiger partial charge in [0.25, 0.3) is 0 Å². The van der Waals surface area contributed by atoms with E-state index in [-0.39, 0.29) is 11.8 Å². The molecule has 0 saturated heterocycles. The van der Waals surface area contributed by atoms with Crippen molar-refractivity contribution in [1.82, 2.24) is 0 Å². The molecule has 1 heterocycles. The first-order valence-electron chi connectivity index (χ1n) is 5.08. The zero-order valence-corrected chi connectivity index (χ0v) is 9.85. The molecular formula is C12H14ClNO. The van der Waals surface area contributed by atoms with Gasteiger partial charge < -0.3 is 5.32 Å². The first kappa shape index (κ1) is 10.5. The van der Waals surface area contributed by atoms with E-state index in [0.717, 1.165) is 11.3 Å². The fraction of sp³-hybridized carbons (Fsp3) is 0.417. The van der Waals surface area contributed by atoms with Gasteiger partial charge in [-0.15, -0.1) is 0 Å². The molecule has 0 spiro atoms. The summed E-state index contributed by atoms with van der Waals surface area (Å²) < 4.78 is 0. The molecule has 0 aromatic heterocycles. The van der Waals surface area contributed by atoms with Crippen LogP contribution in [0.4, 0.5) is 5.69 Å². The first-order valence-corrected chi connectivity index (χ1v) is 5.46. The normalized spacial score (nSPS) is 24.2. The van der Waals surface area contributed by atoms with E-state index in [2.05, 4.69) is 5.32 Å². The van der Waals surface area contributed by atoms with Crippen LogP contribution >= 0.6 is 11.6 Å². The number of fused-ring (bicyclic) bond motifs is 1. The Balaban J connectivity index is 2.68. The lowest BCUT2D eigenvalue weighted by Crippen LogP contribution is -2.36. The molecule has 1 aromatic carbocycles. The van der Waals surface area contributed by atoms with Crippen molar-refractivity contribution in [1.29, 1.82) is 0 Å². The van der Waals surface area contributed by atoms with E-state index < -0.39 is 5.41 Å². The van der Waals surface area contributed by atoms with Gasteiger partial charge in [0.05, 0.1) is 5.41 Å². The van der Waals surface area contributed by atoms with E-state index in [1.54, 1.807) is 0 Å². The Bertz CT molecular complexity index is 428. The first-order chi connectivity index (χ1) is 6.98. The van der Waals surface area contributed by atoms with E-state index >= 15 is 0 Å². The van der Waals surface area contributed by atoms with Crippen molar-refractivity contribution in [3.63, 3.8) is 0 Å². The minimum absolute atomic E-state index is 0.0422. The number of halogens is 1. The molecule has 0 fully saturated rings. The summed E-state index contributed by atoms with van der Waals surface area (Å²) in [6, 6.07) is 5.58. The van der Waals surface area contributed by atoms with E-state index in [9.17, 15) is 4.79 Å². The van der Waals surface area contributed by atoms with Crippen LogP contribution in [0.3, 0.4) is 0 Å². The summed E-state index contributed by atoms with van der Waals surface area (Å²) in [6.45, 7) is 6.03. The maximum atomic E-state index is 12.0. The number of rotatable bonds is 1. The van der Waals surface area contributed by atoms with Gasteiger partial charge >= 0.3 is 0 Å². The van der Waals surface area contributed by atoms with Crippen molar-refractivity contribution < 1.29 is 4.79 Å². The van der Waals surface area contributed by atoms with Crippen molar-refractivity contribution in [2.45, 2.75) is 26.2 Å². The Kier molecular flexibility index (Phi) is 2.27. The predicted molar refractivity (Wildman–Crippen MR) is 62.3 cm³/mol. The highest BCUT2D eigenvalue weighted by Gasteiger charge is 2.46. The SMILES string of the molecule is CC(C)[C@@]1(C)C(=O)Nc2cccc(Cl)c21. The van der Waals surface area contributed by atoms with Crippen LogP contribution in [0.15, 0.2) is 18.2 Å². The van der Waals surface area contributed by atoms with Gasteiger partial charge in [0.15, 0.2) is 0 Å². The molecule has 0 radical (unpaired) electrons. The molecule has 80 valence electrons. The summed E-state index contributed by atoms with van der Waals surface area (Å²) in [6.07, 6.45) is 0. The minimum atomic E-state index is -0.506. The number of carbonyl (C=O) groups is 1. The Morgan fingerprint density at radius 3 is 2.67 bits per heavy atom. The molecule has 15 heavy (non-hydrogen) atoms. The Morgan fingerprint density at radius 2 is 2.07 bits per heavy atom. The van der Waals surface area contributed by atoms with Gasteiger partial charge in [0, 0.05) is 16.3 Å². The summed E-state index contributed by atoms with van der Waals surface area (Å²) in [5.41, 5.74) is 1.28. The van der Waals surface area contributed by atoms with Gasteiger partial charge in [-0.2, -0.15) is 0 Å². The van der Waals surface area contributed by atoms with Crippen LogP contribution in [0.25, 0.3) is 0 Å². The maximum absolute atomic E-state index is 12.0. The van der Waals surface area contributed by atoms with Crippen molar-refractivity contribution in [2.24, 2.45) is 5.92 Å². The smallest absolute Gasteiger partial charge is 0.235 e. The van der Waals surface area contributed by atoms with Crippen molar-refractivity contribution >= 4 is 23.2 Å². The highest BCUT2D eigenvalue weighted by Crippen LogP contribution is 2.45. The lowest BCUT2D eigenvalue weighted by atomic mass is 9.74. The van der Waals surface area contributed by atoms with Crippen molar-refractivity contribution in [3.8, 4) is 0 Å². The van der Waals surface area contributed by atoms with Crippen molar-refractivity contribution in [2.75, 3.05) is 5.32 Å². The van der Waals surface area contributed by atoms with E-state index in [0.29, 0.717) is 5.02 Å². The second-order valence-electron chi connectivity index (χ2n) is 4.47. The molecule has 0 bridgehead atoms. The molecule has 1 aliphatic heterocycles. The monoisotopic (exact) mass is 223 g/mol. The fourth-order valence-corrected chi connectivity index (χ4v) is 2.44. The van der Waals surface area contributed by atoms with Gasteiger partial charge in [-0.1, -0.05) is 31.5 Å². The summed E-state index contributed by atoms with van der Waals surface area (Å²) in [5, 5.41) is 3.56. The molecule has 1 N–H and O–H groups in total. The van der Waals surface area contributed by atoms with Gasteiger partial charge in [0.2, 0.25) is 5.91 Å². The van der Waals surface area contributed by atoms with Crippen LogP contribution in [0.5, 0.6) is 0 Å². The quantitative estimate of drug-likeness (QED) is 0.778. The molecule has 3 heteroatoms. The maximum Gasteiger partial charge on any atom is 0.235 e. The fourth-order valence-electron chi connectivity index (χ4n) is 2.07. The third-order valence-electron chi connectivity index (χ3n) is 3.41. The number of hydrogen-bond donors (Lipinski definition) is 1. The summed E-state index contributed by atoms with van der Waals surface area (Å²) in [4.78, 5) is 12.0. The largest absolute Gasteiger partial charge is 0.325 e. The molecule has 0 aliphatic carbocycles. The molecule has 0 unspecified atom stereocenters. The summed E-state index contributed by atoms with van der Waals surface area (Å²) >= 11 is 6.17. The third-order valence-corrected chi connectivity index (χ3v) is 3.72. The topological polar surface area (TPSA) is 29.1 Å². The van der Waals surface area contributed by atoms with Crippen LogP contribution < -0.4 is 5.32 Å². The molecule has 2 rings (SSSR count). The summed E-state index contributed by atoms with van der Waals surface area (Å²) in [7, 11) is 0. The molecule has 1 aliphatic rings. The number of hydrogen-bond acceptors (Lipinski definition) is 1. The number of carbonyl (C=O) groups excluding carboxylic acids is 1. The molecule has 1 atom stereocenters. The van der Waals surface area contributed by atoms with Crippen LogP contribution in [-0.4, -0.2) is 5.91 Å². The Labute approximate surface area is 94.6 Å². The number of nitrogens with one attached hydrogen (secondary N) is 1. The van der Waals surface area contributed by atoms with Crippen LogP contribution in [0, 0.1) is 5.92 Å². The standard InChI is InChI=1S/C12H14ClNO/c1-7(2)12(3)10-8(13)5-4-6-9(10)14-11(12)15/h4-7H,1-3H3,(H,14,15)/t12-/m1/s1. The van der Waals surface area contributed by atoms with E-state index in [1.807, 2.05) is 39.0 Å². The molecule has 0 saturated carbocycles. The zero-order valence-electron chi connectivity index (χ0n) is 9.10. The van der Waals surface area contributed by atoms with Crippen molar-refractivity contribution in [3.05, 3.63) is 28.8 Å². The Morgan fingerprint density at radius 1 is 1.40 bits per heavy atom. The van der Waals surface area contributed by atoms with E-state index in [4.69, 9.17) is 11.6 Å². The highest BCUT2D eigenvalue weighted by molar-refractivity contribution is 6.33. The van der Waals surface area contributed by atoms with Crippen LogP contribution in [0.1, 0.15) is 26.3 Å². The van der Waals surface area contributed by atoms with Crippen LogP contribution in [0.2, 0.25) is 5.02 Å². The summed E-state index contributed by atoms with van der Waals surface area (Å²) in [5.74, 6) is 0.263. The van der Waals surface area contributed by atoms with Gasteiger partial charge in [0.1, 0.15) is 0 Å². The molecular weight excluding hydrogens is 210 g/mol. The zero-order chi connectivity index (χ0) is 11.2. The third kappa shape index (κ3) is 1.28. The lowest BCUT2D eigenvalue weighted by molar-refractivity contribution is -0.121. The highest BCUT2D eigenvalue weighted by atomic mass is 35.5. The Hall–Kier alpha value is -1.02. The van der Waals surface area contributed by atoms with E-state index in [1.165, 1.54) is 0 Å². The number of benzene rings is 1. The second kappa shape index (κ2) is 3.24. The number of amides is 1. The molecule has 1 aromatic rings. The average Bonchev–Trinajstić information content (AvgIpc) is 2.41. The van der Waals surface area contributed by atoms with Crippen LogP contribution in [-0.2, 0) is 10.2 Å². The molecule has 1 amide bonds.